The van der Waals surface area contributed by atoms with Gasteiger partial charge in [0.2, 0.25) is 0 Å². The van der Waals surface area contributed by atoms with E-state index < -0.39 is 6.72 Å². The number of rotatable bonds is 6. The Bertz CT molecular complexity index is 237. The van der Waals surface area contributed by atoms with Gasteiger partial charge in [-0.1, -0.05) is 15.5 Å². The highest BCUT2D eigenvalue weighted by atomic mass is 32.5. The fraction of sp³-hybridized carbons (Fsp3) is 0.500. The summed E-state index contributed by atoms with van der Waals surface area (Å²) in [6, 6.07) is 0. The second-order valence-corrected chi connectivity index (χ2v) is 4.51. The van der Waals surface area contributed by atoms with Crippen molar-refractivity contribution >= 4 is 37.2 Å². The molecule has 0 saturated carbocycles. The van der Waals surface area contributed by atoms with E-state index in [2.05, 4.69) is 15.5 Å². The first-order chi connectivity index (χ1) is 6.68. The zero-order valence-electron chi connectivity index (χ0n) is 8.15. The Labute approximate surface area is 87.8 Å². The van der Waals surface area contributed by atoms with Crippen molar-refractivity contribution in [3.05, 3.63) is 0 Å². The van der Waals surface area contributed by atoms with Crippen LogP contribution >= 0.6 is 6.72 Å². The van der Waals surface area contributed by atoms with E-state index in [9.17, 15) is 0 Å². The van der Waals surface area contributed by atoms with Crippen LogP contribution in [-0.4, -0.2) is 18.6 Å². The van der Waals surface area contributed by atoms with Gasteiger partial charge < -0.3 is 0 Å². The van der Waals surface area contributed by atoms with Gasteiger partial charge in [0.15, 0.2) is 0 Å². The Balaban J connectivity index is 4.39. The maximum Gasteiger partial charge on any atom is 0.552 e. The smallest absolute Gasteiger partial charge is 0.293 e. The summed E-state index contributed by atoms with van der Waals surface area (Å²) in [7, 11) is 0. The van der Waals surface area contributed by atoms with Gasteiger partial charge >= 0.3 is 6.72 Å². The van der Waals surface area contributed by atoms with Crippen LogP contribution in [-0.2, 0) is 25.7 Å². The second kappa shape index (κ2) is 7.46. The number of hydrogen-bond acceptors (Lipinski definition) is 7. The predicted octanol–water partition coefficient (Wildman–Crippen LogP) is 2.28. The monoisotopic (exact) mass is 237 g/mol. The van der Waals surface area contributed by atoms with Crippen LogP contribution in [0.15, 0.2) is 15.5 Å². The minimum Gasteiger partial charge on any atom is -0.293 e. The van der Waals surface area contributed by atoms with Gasteiger partial charge in [0.25, 0.3) is 0 Å². The summed E-state index contributed by atoms with van der Waals surface area (Å²) in [6.07, 6.45) is 4.25. The lowest BCUT2D eigenvalue weighted by molar-refractivity contribution is 0.171. The third-order valence-corrected chi connectivity index (χ3v) is 2.24. The molecular formula is C6H12N3O3PS. The molecule has 0 spiro atoms. The lowest BCUT2D eigenvalue weighted by atomic mass is 10.9. The zero-order valence-corrected chi connectivity index (χ0v) is 9.86. The molecule has 0 N–H and O–H groups in total. The van der Waals surface area contributed by atoms with Gasteiger partial charge in [-0.3, -0.25) is 13.9 Å². The van der Waals surface area contributed by atoms with Gasteiger partial charge in [-0.25, -0.2) is 0 Å². The summed E-state index contributed by atoms with van der Waals surface area (Å²) in [5, 5.41) is 10.4. The molecule has 0 saturated heterocycles. The van der Waals surface area contributed by atoms with Gasteiger partial charge in [0.1, 0.15) is 0 Å². The standard InChI is InChI=1S/C6H12N3O3PS/c1-4-7-10-13(14,11-8-5-2)12-9-6-3/h4-6H,1-3H3. The van der Waals surface area contributed by atoms with Gasteiger partial charge in [0, 0.05) is 30.5 Å². The molecule has 0 amide bonds. The summed E-state index contributed by atoms with van der Waals surface area (Å²) in [6.45, 7) is 1.99. The lowest BCUT2D eigenvalue weighted by Gasteiger charge is -2.11. The van der Waals surface area contributed by atoms with E-state index in [1.165, 1.54) is 18.6 Å². The SMILES string of the molecule is CC=NOP(=S)(ON=CC)ON=CC. The van der Waals surface area contributed by atoms with Crippen LogP contribution in [0.2, 0.25) is 0 Å². The molecule has 0 aromatic rings. The fourth-order valence-corrected chi connectivity index (χ4v) is 1.42. The Hall–Kier alpha value is -0.940. The van der Waals surface area contributed by atoms with Crippen molar-refractivity contribution in [3.63, 3.8) is 0 Å². The molecule has 0 aliphatic carbocycles. The maximum absolute atomic E-state index is 4.90. The van der Waals surface area contributed by atoms with Crippen molar-refractivity contribution in [1.82, 2.24) is 0 Å². The highest BCUT2D eigenvalue weighted by molar-refractivity contribution is 8.07. The third-order valence-electron chi connectivity index (χ3n) is 0.758. The van der Waals surface area contributed by atoms with Gasteiger partial charge in [0.05, 0.1) is 0 Å². The van der Waals surface area contributed by atoms with Crippen molar-refractivity contribution in [2.24, 2.45) is 15.5 Å². The molecule has 0 fully saturated rings. The number of oxime groups is 3. The first kappa shape index (κ1) is 13.1. The van der Waals surface area contributed by atoms with Crippen LogP contribution in [0.4, 0.5) is 0 Å². The molecule has 0 radical (unpaired) electrons. The summed E-state index contributed by atoms with van der Waals surface area (Å²) in [5.41, 5.74) is 0. The molecule has 0 unspecified atom stereocenters. The molecular weight excluding hydrogens is 225 g/mol. The van der Waals surface area contributed by atoms with Crippen LogP contribution < -0.4 is 0 Å². The highest BCUT2D eigenvalue weighted by Crippen LogP contribution is 2.50. The second-order valence-electron chi connectivity index (χ2n) is 1.78. The Morgan fingerprint density at radius 2 is 1.14 bits per heavy atom. The molecule has 0 heterocycles. The maximum atomic E-state index is 4.90. The molecule has 8 heteroatoms. The van der Waals surface area contributed by atoms with Gasteiger partial charge in [-0.2, -0.15) is 0 Å². The molecule has 6 nitrogen and oxygen atoms in total. The average Bonchev–Trinajstić information content (AvgIpc) is 2.21. The van der Waals surface area contributed by atoms with E-state index in [1.54, 1.807) is 20.8 Å². The third kappa shape index (κ3) is 5.66. The van der Waals surface area contributed by atoms with E-state index in [4.69, 9.17) is 25.7 Å². The lowest BCUT2D eigenvalue weighted by Crippen LogP contribution is -1.89. The fourth-order valence-electron chi connectivity index (χ4n) is 0.359. The Morgan fingerprint density at radius 1 is 0.857 bits per heavy atom. The van der Waals surface area contributed by atoms with Gasteiger partial charge in [-0.15, -0.1) is 0 Å². The van der Waals surface area contributed by atoms with Crippen LogP contribution in [0.5, 0.6) is 0 Å². The molecule has 14 heavy (non-hydrogen) atoms. The topological polar surface area (TPSA) is 64.8 Å². The van der Waals surface area contributed by atoms with Crippen LogP contribution in [0, 0.1) is 0 Å². The molecule has 80 valence electrons. The summed E-state index contributed by atoms with van der Waals surface area (Å²) in [4.78, 5) is 0. The van der Waals surface area contributed by atoms with Crippen LogP contribution in [0.3, 0.4) is 0 Å². The van der Waals surface area contributed by atoms with E-state index >= 15 is 0 Å². The minimum absolute atomic E-state index is 1.42. The van der Waals surface area contributed by atoms with E-state index in [-0.39, 0.29) is 0 Å². The first-order valence-electron chi connectivity index (χ1n) is 3.78. The minimum atomic E-state index is -3.03. The highest BCUT2D eigenvalue weighted by Gasteiger charge is 2.25. The largest absolute Gasteiger partial charge is 0.552 e. The predicted molar refractivity (Wildman–Crippen MR) is 60.0 cm³/mol. The van der Waals surface area contributed by atoms with Crippen molar-refractivity contribution in [3.8, 4) is 0 Å². The van der Waals surface area contributed by atoms with Crippen molar-refractivity contribution < 1.29 is 13.9 Å². The molecule has 0 aliphatic heterocycles. The van der Waals surface area contributed by atoms with Crippen molar-refractivity contribution in [1.29, 1.82) is 0 Å². The summed E-state index contributed by atoms with van der Waals surface area (Å²) >= 11 is 4.90. The molecule has 0 aliphatic rings. The zero-order chi connectivity index (χ0) is 10.9. The van der Waals surface area contributed by atoms with E-state index in [0.717, 1.165) is 0 Å². The summed E-state index contributed by atoms with van der Waals surface area (Å²) < 4.78 is 14.4. The molecule has 0 atom stereocenters. The average molecular weight is 237 g/mol. The molecule has 0 aromatic heterocycles. The van der Waals surface area contributed by atoms with Crippen LogP contribution in [0.1, 0.15) is 20.8 Å². The van der Waals surface area contributed by atoms with Crippen molar-refractivity contribution in [2.45, 2.75) is 20.8 Å². The number of nitrogens with zero attached hydrogens (tertiary/aromatic N) is 3. The summed E-state index contributed by atoms with van der Waals surface area (Å²) in [5.74, 6) is 0. The molecule has 0 bridgehead atoms. The molecule has 0 rings (SSSR count). The van der Waals surface area contributed by atoms with Crippen molar-refractivity contribution in [2.75, 3.05) is 0 Å². The van der Waals surface area contributed by atoms with E-state index in [0.29, 0.717) is 0 Å². The quantitative estimate of drug-likeness (QED) is 0.404. The van der Waals surface area contributed by atoms with Crippen LogP contribution in [0.25, 0.3) is 0 Å². The normalized spacial score (nSPS) is 16.2. The van der Waals surface area contributed by atoms with Gasteiger partial charge in [-0.05, 0) is 20.8 Å². The Morgan fingerprint density at radius 3 is 1.36 bits per heavy atom. The van der Waals surface area contributed by atoms with E-state index in [1.807, 2.05) is 0 Å². The number of hydrogen-bond donors (Lipinski definition) is 0. The molecule has 0 aromatic carbocycles. The first-order valence-corrected chi connectivity index (χ1v) is 6.34. The Kier molecular flexibility index (Phi) is 6.96.